The van der Waals surface area contributed by atoms with Crippen molar-refractivity contribution in [3.8, 4) is 5.13 Å². The normalized spacial score (nSPS) is 23.4. The molecule has 3 aromatic rings. The van der Waals surface area contributed by atoms with Crippen molar-refractivity contribution < 1.29 is 5.11 Å². The van der Waals surface area contributed by atoms with Crippen LogP contribution in [-0.2, 0) is 12.1 Å². The highest BCUT2D eigenvalue weighted by Gasteiger charge is 2.43. The molecule has 0 aliphatic carbocycles. The number of hydrogen-bond acceptors (Lipinski definition) is 7. The van der Waals surface area contributed by atoms with Gasteiger partial charge in [-0.15, -0.1) is 0 Å². The summed E-state index contributed by atoms with van der Waals surface area (Å²) in [5, 5.41) is 19.9. The summed E-state index contributed by atoms with van der Waals surface area (Å²) >= 11 is 1.61. The molecule has 1 fully saturated rings. The van der Waals surface area contributed by atoms with Gasteiger partial charge in [0.15, 0.2) is 0 Å². The van der Waals surface area contributed by atoms with Gasteiger partial charge in [0, 0.05) is 42.8 Å². The maximum absolute atomic E-state index is 11.4. The van der Waals surface area contributed by atoms with Crippen LogP contribution in [0.4, 0.5) is 0 Å². The van der Waals surface area contributed by atoms with Crippen LogP contribution in [0.5, 0.6) is 0 Å². The SMILES string of the molecule is CN(Cc1cnc(-n2cccn2)s1)[C@@H]1CNCC[C@]1(O)c1ccccn1. The van der Waals surface area contributed by atoms with Crippen molar-refractivity contribution in [3.05, 3.63) is 59.6 Å². The maximum atomic E-state index is 11.4. The Morgan fingerprint density at radius 1 is 1.35 bits per heavy atom. The first-order valence-electron chi connectivity index (χ1n) is 8.66. The van der Waals surface area contributed by atoms with E-state index >= 15 is 0 Å². The van der Waals surface area contributed by atoms with E-state index in [1.165, 1.54) is 0 Å². The van der Waals surface area contributed by atoms with Gasteiger partial charge in [0.05, 0.1) is 11.7 Å². The Bertz CT molecular complexity index is 837. The lowest BCUT2D eigenvalue weighted by atomic mass is 9.83. The zero-order chi connectivity index (χ0) is 18.0. The van der Waals surface area contributed by atoms with Crippen LogP contribution >= 0.6 is 11.3 Å². The summed E-state index contributed by atoms with van der Waals surface area (Å²) in [4.78, 5) is 12.2. The molecule has 1 aliphatic rings. The highest BCUT2D eigenvalue weighted by atomic mass is 32.1. The first kappa shape index (κ1) is 17.3. The summed E-state index contributed by atoms with van der Waals surface area (Å²) in [6.07, 6.45) is 7.89. The van der Waals surface area contributed by atoms with Gasteiger partial charge in [0.1, 0.15) is 5.60 Å². The predicted octanol–water partition coefficient (Wildman–Crippen LogP) is 1.41. The van der Waals surface area contributed by atoms with Gasteiger partial charge in [0.25, 0.3) is 0 Å². The van der Waals surface area contributed by atoms with Gasteiger partial charge in [-0.05, 0) is 38.2 Å². The van der Waals surface area contributed by atoms with E-state index < -0.39 is 5.60 Å². The first-order chi connectivity index (χ1) is 12.7. The Balaban J connectivity index is 1.53. The Morgan fingerprint density at radius 3 is 3.04 bits per heavy atom. The summed E-state index contributed by atoms with van der Waals surface area (Å²) in [5.41, 5.74) is -0.226. The van der Waals surface area contributed by atoms with Crippen molar-refractivity contribution in [2.24, 2.45) is 0 Å². The van der Waals surface area contributed by atoms with E-state index in [2.05, 4.69) is 25.3 Å². The topological polar surface area (TPSA) is 79.1 Å². The molecule has 2 atom stereocenters. The molecule has 2 N–H and O–H groups in total. The molecule has 0 aromatic carbocycles. The second kappa shape index (κ2) is 7.24. The molecule has 7 nitrogen and oxygen atoms in total. The number of rotatable bonds is 5. The van der Waals surface area contributed by atoms with E-state index in [0.29, 0.717) is 19.5 Å². The molecule has 0 unspecified atom stereocenters. The number of thiazole rings is 1. The molecule has 26 heavy (non-hydrogen) atoms. The number of nitrogens with one attached hydrogen (secondary N) is 1. The van der Waals surface area contributed by atoms with E-state index in [1.807, 2.05) is 43.7 Å². The average molecular weight is 370 g/mol. The molecular weight excluding hydrogens is 348 g/mol. The lowest BCUT2D eigenvalue weighted by molar-refractivity contribution is -0.0704. The summed E-state index contributed by atoms with van der Waals surface area (Å²) in [7, 11) is 2.04. The van der Waals surface area contributed by atoms with Gasteiger partial charge in [-0.1, -0.05) is 17.4 Å². The fourth-order valence-electron chi connectivity index (χ4n) is 3.51. The number of piperidine rings is 1. The number of pyridine rings is 1. The van der Waals surface area contributed by atoms with Gasteiger partial charge in [-0.25, -0.2) is 9.67 Å². The third-order valence-corrected chi connectivity index (χ3v) is 5.83. The van der Waals surface area contributed by atoms with Gasteiger partial charge >= 0.3 is 0 Å². The monoisotopic (exact) mass is 370 g/mol. The molecule has 1 saturated heterocycles. The fourth-order valence-corrected chi connectivity index (χ4v) is 4.42. The highest BCUT2D eigenvalue weighted by molar-refractivity contribution is 7.14. The largest absolute Gasteiger partial charge is 0.382 e. The van der Waals surface area contributed by atoms with Crippen molar-refractivity contribution in [2.75, 3.05) is 20.1 Å². The van der Waals surface area contributed by atoms with Crippen LogP contribution in [0.25, 0.3) is 5.13 Å². The third kappa shape index (κ3) is 3.28. The number of aliphatic hydroxyl groups is 1. The van der Waals surface area contributed by atoms with E-state index in [4.69, 9.17) is 0 Å². The number of likely N-dealkylation sites (N-methyl/N-ethyl adjacent to an activating group) is 1. The molecular formula is C18H22N6OS. The van der Waals surface area contributed by atoms with Crippen LogP contribution in [0.1, 0.15) is 17.0 Å². The number of hydrogen-bond donors (Lipinski definition) is 2. The van der Waals surface area contributed by atoms with Crippen molar-refractivity contribution in [1.82, 2.24) is 30.0 Å². The van der Waals surface area contributed by atoms with Crippen molar-refractivity contribution >= 4 is 11.3 Å². The van der Waals surface area contributed by atoms with Crippen molar-refractivity contribution in [3.63, 3.8) is 0 Å². The van der Waals surface area contributed by atoms with Crippen LogP contribution in [0.2, 0.25) is 0 Å². The molecule has 3 aromatic heterocycles. The Kier molecular flexibility index (Phi) is 4.82. The molecule has 8 heteroatoms. The Labute approximate surface area is 156 Å². The molecule has 136 valence electrons. The minimum Gasteiger partial charge on any atom is -0.382 e. The minimum absolute atomic E-state index is 0.0681. The molecule has 0 radical (unpaired) electrons. The Morgan fingerprint density at radius 2 is 2.27 bits per heavy atom. The zero-order valence-electron chi connectivity index (χ0n) is 14.6. The molecule has 0 bridgehead atoms. The molecule has 0 amide bonds. The van der Waals surface area contributed by atoms with E-state index in [-0.39, 0.29) is 6.04 Å². The zero-order valence-corrected chi connectivity index (χ0v) is 15.4. The predicted molar refractivity (Wildman–Crippen MR) is 100 cm³/mol. The summed E-state index contributed by atoms with van der Waals surface area (Å²) in [6.45, 7) is 2.20. The van der Waals surface area contributed by atoms with Gasteiger partial charge in [0.2, 0.25) is 5.13 Å². The van der Waals surface area contributed by atoms with Crippen LogP contribution in [0.3, 0.4) is 0 Å². The maximum Gasteiger partial charge on any atom is 0.210 e. The molecule has 4 heterocycles. The first-order valence-corrected chi connectivity index (χ1v) is 9.48. The van der Waals surface area contributed by atoms with Crippen molar-refractivity contribution in [2.45, 2.75) is 24.6 Å². The van der Waals surface area contributed by atoms with E-state index in [9.17, 15) is 5.11 Å². The van der Waals surface area contributed by atoms with Gasteiger partial charge in [-0.2, -0.15) is 5.10 Å². The minimum atomic E-state index is -0.962. The number of nitrogens with zero attached hydrogens (tertiary/aromatic N) is 5. The van der Waals surface area contributed by atoms with Gasteiger partial charge in [-0.3, -0.25) is 9.88 Å². The smallest absolute Gasteiger partial charge is 0.210 e. The summed E-state index contributed by atoms with van der Waals surface area (Å²) in [6, 6.07) is 7.53. The van der Waals surface area contributed by atoms with E-state index in [1.54, 1.807) is 28.4 Å². The number of aromatic nitrogens is 4. The molecule has 4 rings (SSSR count). The van der Waals surface area contributed by atoms with Crippen LogP contribution in [0, 0.1) is 0 Å². The van der Waals surface area contributed by atoms with Crippen molar-refractivity contribution in [1.29, 1.82) is 0 Å². The quantitative estimate of drug-likeness (QED) is 0.707. The molecule has 0 spiro atoms. The molecule has 0 saturated carbocycles. The van der Waals surface area contributed by atoms with Gasteiger partial charge < -0.3 is 10.4 Å². The second-order valence-corrected chi connectivity index (χ2v) is 7.68. The van der Waals surface area contributed by atoms with Crippen LogP contribution < -0.4 is 5.32 Å². The molecule has 1 aliphatic heterocycles. The Hall–Kier alpha value is -2.13. The van der Waals surface area contributed by atoms with Crippen LogP contribution in [-0.4, -0.2) is 55.9 Å². The standard InChI is InChI=1S/C18H22N6OS/c1-23(13-14-11-21-17(26-14)24-10-4-8-22-24)16-12-19-9-6-18(16,25)15-5-2-3-7-20-15/h2-5,7-8,10-11,16,19,25H,6,9,12-13H2,1H3/t16-,18+/m1/s1. The second-order valence-electron chi connectivity index (χ2n) is 6.58. The van der Waals surface area contributed by atoms with Crippen LogP contribution in [0.15, 0.2) is 49.1 Å². The fraction of sp³-hybridized carbons (Fsp3) is 0.389. The summed E-state index contributed by atoms with van der Waals surface area (Å²) < 4.78 is 1.76. The average Bonchev–Trinajstić information content (AvgIpc) is 3.34. The summed E-state index contributed by atoms with van der Waals surface area (Å²) in [5.74, 6) is 0. The van der Waals surface area contributed by atoms with E-state index in [0.717, 1.165) is 22.2 Å². The lowest BCUT2D eigenvalue weighted by Gasteiger charge is -2.44. The lowest BCUT2D eigenvalue weighted by Crippen LogP contribution is -2.58. The third-order valence-electron chi connectivity index (χ3n) is 4.86. The highest BCUT2D eigenvalue weighted by Crippen LogP contribution is 2.33.